The Kier molecular flexibility index (Phi) is 5.50. The van der Waals surface area contributed by atoms with Gasteiger partial charge in [0.15, 0.2) is 16.5 Å². The minimum Gasteiger partial charge on any atom is -0.493 e. The molecule has 34 heavy (non-hydrogen) atoms. The number of likely N-dealkylation sites (tertiary alicyclic amines) is 1. The average molecular weight is 486 g/mol. The molecule has 0 bridgehead atoms. The molecule has 1 aliphatic rings. The van der Waals surface area contributed by atoms with Crippen LogP contribution in [0.1, 0.15) is 45.2 Å². The number of methoxy groups -OCH3 is 1. The summed E-state index contributed by atoms with van der Waals surface area (Å²) in [6.45, 7) is 6.93. The van der Waals surface area contributed by atoms with E-state index in [4.69, 9.17) is 14.5 Å². The number of fused-ring (bicyclic) bond motifs is 2. The van der Waals surface area contributed by atoms with Gasteiger partial charge in [0.25, 0.3) is 0 Å². The van der Waals surface area contributed by atoms with E-state index in [-0.39, 0.29) is 17.8 Å². The van der Waals surface area contributed by atoms with Crippen molar-refractivity contribution in [3.63, 3.8) is 0 Å². The van der Waals surface area contributed by atoms with Crippen molar-refractivity contribution in [2.45, 2.75) is 45.1 Å². The lowest BCUT2D eigenvalue weighted by Crippen LogP contribution is -2.41. The summed E-state index contributed by atoms with van der Waals surface area (Å²) in [6, 6.07) is 1.91. The van der Waals surface area contributed by atoms with E-state index < -0.39 is 11.4 Å². The van der Waals surface area contributed by atoms with Gasteiger partial charge in [0.05, 0.1) is 17.7 Å². The van der Waals surface area contributed by atoms with Crippen LogP contribution in [0.4, 0.5) is 9.18 Å². The van der Waals surface area contributed by atoms with Crippen LogP contribution < -0.4 is 4.74 Å². The molecule has 0 N–H and O–H groups in total. The van der Waals surface area contributed by atoms with Crippen LogP contribution in [0, 0.1) is 5.82 Å². The highest BCUT2D eigenvalue weighted by molar-refractivity contribution is 7.20. The number of carbonyl (C=O) groups is 1. The number of nitrogens with zero attached hydrogens (tertiary/aromatic N) is 5. The van der Waals surface area contributed by atoms with Gasteiger partial charge in [-0.3, -0.25) is 9.08 Å². The standard InChI is InChI=1S/C24H28FN5O3S/c1-24(2,3)33-23(31)29-8-6-14(7-9-29)17-12-30-13-18(34-22(30)26-17)16-10-15-11-28(4)27-20(15)19(25)21(16)32-5/h10-14H,6-9H2,1-5H3. The van der Waals surface area contributed by atoms with E-state index in [2.05, 4.69) is 5.10 Å². The van der Waals surface area contributed by atoms with E-state index in [1.807, 2.05) is 43.6 Å². The van der Waals surface area contributed by atoms with Crippen molar-refractivity contribution in [1.29, 1.82) is 0 Å². The van der Waals surface area contributed by atoms with E-state index in [1.165, 1.54) is 18.4 Å². The molecule has 8 nitrogen and oxygen atoms in total. The number of benzene rings is 1. The normalized spacial score (nSPS) is 15.4. The zero-order valence-corrected chi connectivity index (χ0v) is 20.8. The van der Waals surface area contributed by atoms with Gasteiger partial charge in [0.2, 0.25) is 0 Å². The Bertz CT molecular complexity index is 1340. The van der Waals surface area contributed by atoms with Gasteiger partial charge in [0, 0.05) is 55.6 Å². The molecule has 0 radical (unpaired) electrons. The fourth-order valence-corrected chi connectivity index (χ4v) is 5.42. The van der Waals surface area contributed by atoms with Gasteiger partial charge in [-0.15, -0.1) is 0 Å². The largest absolute Gasteiger partial charge is 0.493 e. The quantitative estimate of drug-likeness (QED) is 0.398. The molecule has 1 aliphatic heterocycles. The fraction of sp³-hybridized carbons (Fsp3) is 0.458. The topological polar surface area (TPSA) is 73.9 Å². The molecule has 1 amide bonds. The number of hydrogen-bond donors (Lipinski definition) is 0. The zero-order valence-electron chi connectivity index (χ0n) is 20.0. The predicted molar refractivity (Wildman–Crippen MR) is 129 cm³/mol. The molecule has 0 atom stereocenters. The van der Waals surface area contributed by atoms with Crippen molar-refractivity contribution in [2.75, 3.05) is 20.2 Å². The average Bonchev–Trinajstić information content (AvgIpc) is 3.45. The lowest BCUT2D eigenvalue weighted by molar-refractivity contribution is 0.0204. The Balaban J connectivity index is 1.36. The van der Waals surface area contributed by atoms with Crippen molar-refractivity contribution in [1.82, 2.24) is 24.1 Å². The van der Waals surface area contributed by atoms with E-state index >= 15 is 4.39 Å². The first-order valence-electron chi connectivity index (χ1n) is 11.3. The van der Waals surface area contributed by atoms with Crippen LogP contribution in [-0.2, 0) is 11.8 Å². The highest BCUT2D eigenvalue weighted by atomic mass is 32.1. The predicted octanol–water partition coefficient (Wildman–Crippen LogP) is 5.21. The van der Waals surface area contributed by atoms with Crippen molar-refractivity contribution in [2.24, 2.45) is 7.05 Å². The lowest BCUT2D eigenvalue weighted by atomic mass is 9.94. The summed E-state index contributed by atoms with van der Waals surface area (Å²) in [4.78, 5) is 20.7. The van der Waals surface area contributed by atoms with Crippen LogP contribution >= 0.6 is 11.3 Å². The summed E-state index contributed by atoms with van der Waals surface area (Å²) in [6.07, 6.45) is 7.22. The highest BCUT2D eigenvalue weighted by Crippen LogP contribution is 2.40. The number of imidazole rings is 1. The first-order chi connectivity index (χ1) is 16.1. The molecule has 1 fully saturated rings. The summed E-state index contributed by atoms with van der Waals surface area (Å²) in [5.74, 6) is 0.0116. The second-order valence-electron chi connectivity index (χ2n) is 9.70. The first kappa shape index (κ1) is 22.6. The summed E-state index contributed by atoms with van der Waals surface area (Å²) >= 11 is 1.49. The molecule has 0 unspecified atom stereocenters. The number of aryl methyl sites for hydroxylation is 1. The molecule has 0 aliphatic carbocycles. The third-order valence-corrected chi connectivity index (χ3v) is 7.05. The number of halogens is 1. The molecule has 180 valence electrons. The van der Waals surface area contributed by atoms with Gasteiger partial charge in [-0.25, -0.2) is 14.2 Å². The summed E-state index contributed by atoms with van der Waals surface area (Å²) < 4.78 is 29.5. The van der Waals surface area contributed by atoms with Gasteiger partial charge >= 0.3 is 6.09 Å². The number of piperidine rings is 1. The van der Waals surface area contributed by atoms with Gasteiger partial charge in [-0.1, -0.05) is 11.3 Å². The first-order valence-corrected chi connectivity index (χ1v) is 12.1. The molecule has 5 rings (SSSR count). The number of aromatic nitrogens is 4. The van der Waals surface area contributed by atoms with Gasteiger partial charge < -0.3 is 14.4 Å². The van der Waals surface area contributed by atoms with Crippen LogP contribution in [0.5, 0.6) is 5.75 Å². The summed E-state index contributed by atoms with van der Waals surface area (Å²) in [5, 5.41) is 4.92. The Morgan fingerprint density at radius 3 is 2.59 bits per heavy atom. The third-order valence-electron chi connectivity index (χ3n) is 6.02. The molecule has 4 heterocycles. The van der Waals surface area contributed by atoms with Crippen LogP contribution in [-0.4, -0.2) is 56.0 Å². The second-order valence-corrected chi connectivity index (χ2v) is 10.7. The lowest BCUT2D eigenvalue weighted by Gasteiger charge is -2.32. The summed E-state index contributed by atoms with van der Waals surface area (Å²) in [7, 11) is 3.24. The van der Waals surface area contributed by atoms with Crippen molar-refractivity contribution >= 4 is 33.3 Å². The number of rotatable bonds is 3. The maximum absolute atomic E-state index is 15.0. The fourth-order valence-electron chi connectivity index (χ4n) is 4.43. The maximum atomic E-state index is 15.0. The number of carbonyl (C=O) groups excluding carboxylic acids is 1. The molecule has 4 aromatic rings. The minimum absolute atomic E-state index is 0.186. The van der Waals surface area contributed by atoms with E-state index in [0.717, 1.165) is 33.8 Å². The second kappa shape index (κ2) is 8.26. The number of thiazole rings is 1. The van der Waals surface area contributed by atoms with Crippen LogP contribution in [0.3, 0.4) is 0 Å². The monoisotopic (exact) mass is 485 g/mol. The number of amides is 1. The van der Waals surface area contributed by atoms with Crippen molar-refractivity contribution in [3.8, 4) is 16.2 Å². The molecule has 3 aromatic heterocycles. The van der Waals surface area contributed by atoms with Gasteiger partial charge in [-0.2, -0.15) is 5.10 Å². The summed E-state index contributed by atoms with van der Waals surface area (Å²) in [5.41, 5.74) is 1.50. The van der Waals surface area contributed by atoms with Gasteiger partial charge in [-0.05, 0) is 39.7 Å². The maximum Gasteiger partial charge on any atom is 0.410 e. The zero-order chi connectivity index (χ0) is 24.2. The third kappa shape index (κ3) is 4.11. The molecule has 10 heteroatoms. The van der Waals surface area contributed by atoms with Crippen LogP contribution in [0.2, 0.25) is 0 Å². The van der Waals surface area contributed by atoms with E-state index in [1.54, 1.807) is 22.8 Å². The Hall–Kier alpha value is -3.14. The van der Waals surface area contributed by atoms with E-state index in [9.17, 15) is 4.79 Å². The molecular weight excluding hydrogens is 457 g/mol. The molecule has 0 saturated carbocycles. The number of hydrogen-bond acceptors (Lipinski definition) is 6. The molecule has 1 aromatic carbocycles. The van der Waals surface area contributed by atoms with Crippen molar-refractivity contribution < 1.29 is 18.7 Å². The Labute approximate surface area is 200 Å². The van der Waals surface area contributed by atoms with Gasteiger partial charge in [0.1, 0.15) is 11.1 Å². The molecule has 1 saturated heterocycles. The number of ether oxygens (including phenoxy) is 2. The van der Waals surface area contributed by atoms with Crippen LogP contribution in [0.25, 0.3) is 26.3 Å². The van der Waals surface area contributed by atoms with Crippen molar-refractivity contribution in [3.05, 3.63) is 36.2 Å². The van der Waals surface area contributed by atoms with E-state index in [0.29, 0.717) is 24.2 Å². The smallest absolute Gasteiger partial charge is 0.410 e. The Morgan fingerprint density at radius 1 is 1.21 bits per heavy atom. The molecule has 0 spiro atoms. The SMILES string of the molecule is COc1c(-c2cn3cc(C4CCN(C(=O)OC(C)(C)C)CC4)nc3s2)cc2cn(C)nc2c1F. The van der Waals surface area contributed by atoms with Crippen LogP contribution in [0.15, 0.2) is 24.7 Å². The Morgan fingerprint density at radius 2 is 1.94 bits per heavy atom. The minimum atomic E-state index is -0.493. The highest BCUT2D eigenvalue weighted by Gasteiger charge is 2.29. The molecular formula is C24H28FN5O3S.